The number of nitrogens with two attached hydrogens (primary N) is 1. The molecule has 0 aliphatic heterocycles. The molecule has 0 fully saturated rings. The van der Waals surface area contributed by atoms with Gasteiger partial charge in [-0.15, -0.1) is 0 Å². The van der Waals surface area contributed by atoms with Crippen molar-refractivity contribution < 1.29 is 9.47 Å². The molecule has 0 aliphatic carbocycles. The van der Waals surface area contributed by atoms with Gasteiger partial charge in [-0.25, -0.2) is 9.97 Å². The molecule has 2 N–H and O–H groups in total. The Labute approximate surface area is 167 Å². The van der Waals surface area contributed by atoms with Gasteiger partial charge in [-0.1, -0.05) is 47.8 Å². The second kappa shape index (κ2) is 9.53. The van der Waals surface area contributed by atoms with Crippen molar-refractivity contribution in [3.05, 3.63) is 66.0 Å². The SMILES string of the molecule is COc1ccc(CSc2ncnc(SCc3ccc(OC)cc3)c2N)cc1. The average molecular weight is 400 g/mol. The first-order valence-corrected chi connectivity index (χ1v) is 10.3. The van der Waals surface area contributed by atoms with E-state index in [1.807, 2.05) is 48.5 Å². The highest BCUT2D eigenvalue weighted by Crippen LogP contribution is 2.33. The van der Waals surface area contributed by atoms with Crippen LogP contribution in [0.1, 0.15) is 11.1 Å². The third kappa shape index (κ3) is 5.30. The molecule has 2 aromatic carbocycles. The van der Waals surface area contributed by atoms with E-state index < -0.39 is 0 Å². The van der Waals surface area contributed by atoms with E-state index >= 15 is 0 Å². The third-order valence-corrected chi connectivity index (χ3v) is 6.03. The van der Waals surface area contributed by atoms with Gasteiger partial charge >= 0.3 is 0 Å². The maximum absolute atomic E-state index is 6.30. The Kier molecular flexibility index (Phi) is 6.84. The monoisotopic (exact) mass is 399 g/mol. The molecule has 0 aliphatic rings. The first-order chi connectivity index (χ1) is 13.2. The Morgan fingerprint density at radius 2 is 1.15 bits per heavy atom. The largest absolute Gasteiger partial charge is 0.497 e. The molecule has 27 heavy (non-hydrogen) atoms. The van der Waals surface area contributed by atoms with Crippen LogP contribution < -0.4 is 15.2 Å². The Morgan fingerprint density at radius 1 is 0.741 bits per heavy atom. The molecule has 1 aromatic heterocycles. The predicted octanol–water partition coefficient (Wildman–Crippen LogP) is 4.66. The summed E-state index contributed by atoms with van der Waals surface area (Å²) >= 11 is 3.22. The molecule has 0 spiro atoms. The Hall–Kier alpha value is -2.38. The summed E-state index contributed by atoms with van der Waals surface area (Å²) in [6, 6.07) is 16.0. The summed E-state index contributed by atoms with van der Waals surface area (Å²) < 4.78 is 10.4. The first-order valence-electron chi connectivity index (χ1n) is 8.31. The van der Waals surface area contributed by atoms with Crippen molar-refractivity contribution in [1.29, 1.82) is 0 Å². The molecule has 0 bridgehead atoms. The zero-order valence-corrected chi connectivity index (χ0v) is 16.8. The number of thioether (sulfide) groups is 2. The minimum Gasteiger partial charge on any atom is -0.497 e. The number of aromatic nitrogens is 2. The number of nitrogens with zero attached hydrogens (tertiary/aromatic N) is 2. The van der Waals surface area contributed by atoms with Crippen LogP contribution in [0.15, 0.2) is 64.9 Å². The molecule has 0 saturated carbocycles. The lowest BCUT2D eigenvalue weighted by Crippen LogP contribution is -1.98. The second-order valence-electron chi connectivity index (χ2n) is 5.67. The van der Waals surface area contributed by atoms with Gasteiger partial charge in [0.15, 0.2) is 0 Å². The van der Waals surface area contributed by atoms with Crippen molar-refractivity contribution in [2.75, 3.05) is 20.0 Å². The molecule has 0 radical (unpaired) electrons. The van der Waals surface area contributed by atoms with Gasteiger partial charge in [0.05, 0.1) is 19.9 Å². The van der Waals surface area contributed by atoms with Gasteiger partial charge in [-0.3, -0.25) is 0 Å². The van der Waals surface area contributed by atoms with Crippen LogP contribution in [0.25, 0.3) is 0 Å². The maximum atomic E-state index is 6.30. The highest BCUT2D eigenvalue weighted by atomic mass is 32.2. The molecule has 0 unspecified atom stereocenters. The first kappa shape index (κ1) is 19.4. The van der Waals surface area contributed by atoms with Gasteiger partial charge in [0.2, 0.25) is 0 Å². The zero-order valence-electron chi connectivity index (χ0n) is 15.2. The summed E-state index contributed by atoms with van der Waals surface area (Å²) in [4.78, 5) is 8.68. The lowest BCUT2D eigenvalue weighted by atomic mass is 10.2. The molecule has 0 saturated heterocycles. The molecule has 5 nitrogen and oxygen atoms in total. The Bertz CT molecular complexity index is 802. The van der Waals surface area contributed by atoms with E-state index in [4.69, 9.17) is 15.2 Å². The van der Waals surface area contributed by atoms with Crippen LogP contribution in [0.2, 0.25) is 0 Å². The van der Waals surface area contributed by atoms with E-state index in [0.29, 0.717) is 5.69 Å². The smallest absolute Gasteiger partial charge is 0.124 e. The van der Waals surface area contributed by atoms with Crippen LogP contribution in [0.4, 0.5) is 5.69 Å². The average Bonchev–Trinajstić information content (AvgIpc) is 2.73. The number of hydrogen-bond acceptors (Lipinski definition) is 7. The molecule has 7 heteroatoms. The fraction of sp³-hybridized carbons (Fsp3) is 0.200. The van der Waals surface area contributed by atoms with Crippen LogP contribution in [0.5, 0.6) is 11.5 Å². The van der Waals surface area contributed by atoms with Crippen LogP contribution >= 0.6 is 23.5 Å². The second-order valence-corrected chi connectivity index (χ2v) is 7.60. The highest BCUT2D eigenvalue weighted by molar-refractivity contribution is 7.99. The zero-order chi connectivity index (χ0) is 19.1. The number of ether oxygens (including phenoxy) is 2. The fourth-order valence-electron chi connectivity index (χ4n) is 2.34. The predicted molar refractivity (Wildman–Crippen MR) is 112 cm³/mol. The van der Waals surface area contributed by atoms with Crippen molar-refractivity contribution in [3.8, 4) is 11.5 Å². The number of hydrogen-bond donors (Lipinski definition) is 1. The summed E-state index contributed by atoms with van der Waals surface area (Å²) in [6.45, 7) is 0. The lowest BCUT2D eigenvalue weighted by Gasteiger charge is -2.09. The van der Waals surface area contributed by atoms with Gasteiger partial charge in [0.1, 0.15) is 27.9 Å². The van der Waals surface area contributed by atoms with Gasteiger partial charge in [-0.2, -0.15) is 0 Å². The Balaban J connectivity index is 1.62. The number of rotatable bonds is 8. The number of anilines is 1. The van der Waals surface area contributed by atoms with Gasteiger partial charge in [0.25, 0.3) is 0 Å². The molecular weight excluding hydrogens is 378 g/mol. The van der Waals surface area contributed by atoms with Crippen molar-refractivity contribution in [3.63, 3.8) is 0 Å². The van der Waals surface area contributed by atoms with E-state index in [1.54, 1.807) is 44.1 Å². The number of methoxy groups -OCH3 is 2. The molecule has 1 heterocycles. The van der Waals surface area contributed by atoms with E-state index in [0.717, 1.165) is 33.1 Å². The molecule has 3 rings (SSSR count). The van der Waals surface area contributed by atoms with E-state index in [-0.39, 0.29) is 0 Å². The topological polar surface area (TPSA) is 70.3 Å². The molecule has 3 aromatic rings. The van der Waals surface area contributed by atoms with Crippen LogP contribution in [0.3, 0.4) is 0 Å². The summed E-state index contributed by atoms with van der Waals surface area (Å²) in [5, 5.41) is 1.61. The highest BCUT2D eigenvalue weighted by Gasteiger charge is 2.10. The summed E-state index contributed by atoms with van der Waals surface area (Å²) in [5.74, 6) is 3.27. The van der Waals surface area contributed by atoms with Crippen LogP contribution in [-0.2, 0) is 11.5 Å². The molecule has 0 atom stereocenters. The van der Waals surface area contributed by atoms with E-state index in [9.17, 15) is 0 Å². The molecule has 140 valence electrons. The lowest BCUT2D eigenvalue weighted by molar-refractivity contribution is 0.414. The number of nitrogen functional groups attached to an aromatic ring is 1. The van der Waals surface area contributed by atoms with Crippen molar-refractivity contribution in [1.82, 2.24) is 9.97 Å². The molecule has 0 amide bonds. The minimum absolute atomic E-state index is 0.634. The summed E-state index contributed by atoms with van der Waals surface area (Å²) in [6.07, 6.45) is 1.57. The Morgan fingerprint density at radius 3 is 1.52 bits per heavy atom. The normalized spacial score (nSPS) is 10.6. The maximum Gasteiger partial charge on any atom is 0.124 e. The van der Waals surface area contributed by atoms with Gasteiger partial charge in [0, 0.05) is 11.5 Å². The standard InChI is InChI=1S/C20H21N3O2S2/c1-24-16-7-3-14(4-8-16)11-26-19-18(21)20(23-13-22-19)27-12-15-5-9-17(25-2)10-6-15/h3-10,13H,11-12,21H2,1-2H3. The van der Waals surface area contributed by atoms with E-state index in [1.165, 1.54) is 11.1 Å². The summed E-state index contributed by atoms with van der Waals surface area (Å²) in [5.41, 5.74) is 9.30. The minimum atomic E-state index is 0.634. The van der Waals surface area contributed by atoms with Crippen LogP contribution in [-0.4, -0.2) is 24.2 Å². The van der Waals surface area contributed by atoms with Crippen molar-refractivity contribution >= 4 is 29.2 Å². The molecular formula is C20H21N3O2S2. The quantitative estimate of drug-likeness (QED) is 0.436. The van der Waals surface area contributed by atoms with Gasteiger partial charge in [-0.05, 0) is 35.4 Å². The van der Waals surface area contributed by atoms with Crippen molar-refractivity contribution in [2.45, 2.75) is 21.6 Å². The fourth-order valence-corrected chi connectivity index (χ4v) is 4.15. The van der Waals surface area contributed by atoms with Crippen LogP contribution in [0, 0.1) is 0 Å². The third-order valence-electron chi connectivity index (χ3n) is 3.88. The number of benzene rings is 2. The summed E-state index contributed by atoms with van der Waals surface area (Å²) in [7, 11) is 3.33. The van der Waals surface area contributed by atoms with Gasteiger partial charge < -0.3 is 15.2 Å². The van der Waals surface area contributed by atoms with E-state index in [2.05, 4.69) is 9.97 Å². The van der Waals surface area contributed by atoms with Crippen molar-refractivity contribution in [2.24, 2.45) is 0 Å².